The SMILES string of the molecule is O=C(/C=C\c1cc(Cl)c2c(c1)OCO2)N1CCCC[C@H]1C1OCCO1. The van der Waals surface area contributed by atoms with Crippen LogP contribution in [-0.4, -0.2) is 49.7 Å². The maximum atomic E-state index is 12.7. The number of nitrogens with zero attached hydrogens (tertiary/aromatic N) is 1. The summed E-state index contributed by atoms with van der Waals surface area (Å²) in [5.41, 5.74) is 0.796. The van der Waals surface area contributed by atoms with Gasteiger partial charge in [-0.05, 0) is 43.0 Å². The number of likely N-dealkylation sites (tertiary alicyclic amines) is 1. The molecule has 1 aromatic carbocycles. The number of amides is 1. The largest absolute Gasteiger partial charge is 0.454 e. The molecule has 2 fully saturated rings. The van der Waals surface area contributed by atoms with Crippen LogP contribution in [0.5, 0.6) is 11.5 Å². The molecule has 0 radical (unpaired) electrons. The molecule has 1 amide bonds. The summed E-state index contributed by atoms with van der Waals surface area (Å²) in [7, 11) is 0. The van der Waals surface area contributed by atoms with E-state index in [9.17, 15) is 4.79 Å². The molecule has 0 bridgehead atoms. The van der Waals surface area contributed by atoms with E-state index in [0.717, 1.165) is 31.4 Å². The topological polar surface area (TPSA) is 57.2 Å². The van der Waals surface area contributed by atoms with E-state index in [1.165, 1.54) is 0 Å². The predicted octanol–water partition coefficient (Wildman–Crippen LogP) is 2.84. The number of piperidine rings is 1. The standard InChI is InChI=1S/C18H20ClNO5/c19-13-9-12(10-15-17(13)25-11-24-15)4-5-16(21)20-6-2-1-3-14(20)18-22-7-8-23-18/h4-5,9-10,14,18H,1-3,6-8,11H2/b5-4-/t14-/m0/s1. The molecule has 0 aliphatic carbocycles. The average molecular weight is 366 g/mol. The Balaban J connectivity index is 1.48. The first kappa shape index (κ1) is 16.7. The lowest BCUT2D eigenvalue weighted by molar-refractivity contribution is -0.145. The Labute approximate surface area is 151 Å². The number of carbonyl (C=O) groups excluding carboxylic acids is 1. The van der Waals surface area contributed by atoms with Crippen LogP contribution in [0.3, 0.4) is 0 Å². The van der Waals surface area contributed by atoms with Gasteiger partial charge in [0.1, 0.15) is 0 Å². The summed E-state index contributed by atoms with van der Waals surface area (Å²) in [5, 5.41) is 0.478. The van der Waals surface area contributed by atoms with Gasteiger partial charge in [-0.1, -0.05) is 11.6 Å². The summed E-state index contributed by atoms with van der Waals surface area (Å²) < 4.78 is 21.9. The van der Waals surface area contributed by atoms with E-state index in [1.54, 1.807) is 18.2 Å². The van der Waals surface area contributed by atoms with Gasteiger partial charge >= 0.3 is 0 Å². The van der Waals surface area contributed by atoms with Crippen molar-refractivity contribution in [2.45, 2.75) is 31.6 Å². The third-order valence-electron chi connectivity index (χ3n) is 4.66. The average Bonchev–Trinajstić information content (AvgIpc) is 3.31. The normalized spacial score (nSPS) is 23.6. The third-order valence-corrected chi connectivity index (χ3v) is 4.94. The molecule has 3 aliphatic rings. The molecule has 7 heteroatoms. The summed E-state index contributed by atoms with van der Waals surface area (Å²) in [6.07, 6.45) is 6.00. The highest BCUT2D eigenvalue weighted by atomic mass is 35.5. The van der Waals surface area contributed by atoms with Gasteiger partial charge in [0.25, 0.3) is 0 Å². The number of carbonyl (C=O) groups is 1. The first-order chi connectivity index (χ1) is 12.2. The van der Waals surface area contributed by atoms with E-state index in [-0.39, 0.29) is 25.0 Å². The summed E-state index contributed by atoms with van der Waals surface area (Å²) in [5.74, 6) is 1.11. The fourth-order valence-corrected chi connectivity index (χ4v) is 3.73. The van der Waals surface area contributed by atoms with E-state index in [2.05, 4.69) is 0 Å². The monoisotopic (exact) mass is 365 g/mol. The van der Waals surface area contributed by atoms with Crippen LogP contribution < -0.4 is 9.47 Å². The second kappa shape index (κ2) is 7.23. The lowest BCUT2D eigenvalue weighted by atomic mass is 10.0. The zero-order valence-electron chi connectivity index (χ0n) is 13.8. The Morgan fingerprint density at radius 3 is 2.88 bits per heavy atom. The minimum atomic E-state index is -0.308. The summed E-state index contributed by atoms with van der Waals surface area (Å²) in [6.45, 7) is 2.07. The number of ether oxygens (including phenoxy) is 4. The minimum Gasteiger partial charge on any atom is -0.454 e. The molecule has 25 heavy (non-hydrogen) atoms. The van der Waals surface area contributed by atoms with Gasteiger partial charge in [-0.3, -0.25) is 4.79 Å². The zero-order chi connectivity index (χ0) is 17.2. The van der Waals surface area contributed by atoms with E-state index < -0.39 is 0 Å². The number of benzene rings is 1. The van der Waals surface area contributed by atoms with E-state index in [1.807, 2.05) is 11.0 Å². The molecular formula is C18H20ClNO5. The summed E-state index contributed by atoms with van der Waals surface area (Å²) in [6, 6.07) is 3.55. The Bertz CT molecular complexity index is 686. The molecule has 0 N–H and O–H groups in total. The quantitative estimate of drug-likeness (QED) is 0.771. The Kier molecular flexibility index (Phi) is 4.83. The third kappa shape index (κ3) is 3.47. The molecule has 2 saturated heterocycles. The Morgan fingerprint density at radius 1 is 1.20 bits per heavy atom. The van der Waals surface area contributed by atoms with Crippen molar-refractivity contribution in [3.05, 3.63) is 28.8 Å². The zero-order valence-corrected chi connectivity index (χ0v) is 14.5. The van der Waals surface area contributed by atoms with Crippen LogP contribution in [0.2, 0.25) is 5.02 Å². The van der Waals surface area contributed by atoms with E-state index >= 15 is 0 Å². The van der Waals surface area contributed by atoms with Crippen molar-refractivity contribution in [3.8, 4) is 11.5 Å². The Morgan fingerprint density at radius 2 is 2.04 bits per heavy atom. The molecule has 1 aromatic rings. The van der Waals surface area contributed by atoms with Crippen LogP contribution in [0, 0.1) is 0 Å². The first-order valence-electron chi connectivity index (χ1n) is 8.53. The number of hydrogen-bond acceptors (Lipinski definition) is 5. The predicted molar refractivity (Wildman–Crippen MR) is 91.7 cm³/mol. The lowest BCUT2D eigenvalue weighted by Crippen LogP contribution is -2.49. The molecule has 3 aliphatic heterocycles. The molecule has 1 atom stereocenters. The molecule has 0 aromatic heterocycles. The first-order valence-corrected chi connectivity index (χ1v) is 8.91. The van der Waals surface area contributed by atoms with Crippen molar-refractivity contribution >= 4 is 23.6 Å². The fraction of sp³-hybridized carbons (Fsp3) is 0.500. The van der Waals surface area contributed by atoms with E-state index in [0.29, 0.717) is 29.7 Å². The van der Waals surface area contributed by atoms with Crippen LogP contribution in [0.25, 0.3) is 6.08 Å². The van der Waals surface area contributed by atoms with Gasteiger partial charge < -0.3 is 23.8 Å². The van der Waals surface area contributed by atoms with Crippen molar-refractivity contribution < 1.29 is 23.7 Å². The molecule has 3 heterocycles. The van der Waals surface area contributed by atoms with Gasteiger partial charge in [-0.15, -0.1) is 0 Å². The van der Waals surface area contributed by atoms with Crippen molar-refractivity contribution in [1.29, 1.82) is 0 Å². The summed E-state index contributed by atoms with van der Waals surface area (Å²) in [4.78, 5) is 14.5. The number of hydrogen-bond donors (Lipinski definition) is 0. The lowest BCUT2D eigenvalue weighted by Gasteiger charge is -2.37. The smallest absolute Gasteiger partial charge is 0.246 e. The molecule has 0 saturated carbocycles. The van der Waals surface area contributed by atoms with Crippen LogP contribution in [-0.2, 0) is 14.3 Å². The van der Waals surface area contributed by atoms with Crippen molar-refractivity contribution in [2.75, 3.05) is 26.6 Å². The van der Waals surface area contributed by atoms with E-state index in [4.69, 9.17) is 30.5 Å². The van der Waals surface area contributed by atoms with Crippen molar-refractivity contribution in [1.82, 2.24) is 4.90 Å². The number of fused-ring (bicyclic) bond motifs is 1. The van der Waals surface area contributed by atoms with Crippen molar-refractivity contribution in [3.63, 3.8) is 0 Å². The molecular weight excluding hydrogens is 346 g/mol. The molecule has 0 spiro atoms. The fourth-order valence-electron chi connectivity index (χ4n) is 3.46. The molecule has 4 rings (SSSR count). The van der Waals surface area contributed by atoms with Gasteiger partial charge in [0.2, 0.25) is 12.7 Å². The highest BCUT2D eigenvalue weighted by Gasteiger charge is 2.35. The summed E-state index contributed by atoms with van der Waals surface area (Å²) >= 11 is 6.18. The van der Waals surface area contributed by atoms with Crippen LogP contribution in [0.1, 0.15) is 24.8 Å². The number of halogens is 1. The van der Waals surface area contributed by atoms with Gasteiger partial charge in [-0.2, -0.15) is 0 Å². The molecule has 134 valence electrons. The molecule has 6 nitrogen and oxygen atoms in total. The van der Waals surface area contributed by atoms with Crippen LogP contribution >= 0.6 is 11.6 Å². The second-order valence-corrected chi connectivity index (χ2v) is 6.68. The minimum absolute atomic E-state index is 0.0197. The Hall–Kier alpha value is -1.76. The molecule has 0 unspecified atom stereocenters. The van der Waals surface area contributed by atoms with Gasteiger partial charge in [0.05, 0.1) is 24.3 Å². The maximum Gasteiger partial charge on any atom is 0.246 e. The van der Waals surface area contributed by atoms with Gasteiger partial charge in [-0.25, -0.2) is 0 Å². The van der Waals surface area contributed by atoms with Gasteiger partial charge in [0, 0.05) is 12.6 Å². The van der Waals surface area contributed by atoms with Crippen LogP contribution in [0.15, 0.2) is 18.2 Å². The second-order valence-electron chi connectivity index (χ2n) is 6.27. The van der Waals surface area contributed by atoms with Gasteiger partial charge in [0.15, 0.2) is 17.8 Å². The number of rotatable bonds is 3. The maximum absolute atomic E-state index is 12.7. The highest BCUT2D eigenvalue weighted by molar-refractivity contribution is 6.32. The highest BCUT2D eigenvalue weighted by Crippen LogP contribution is 2.40. The van der Waals surface area contributed by atoms with Crippen LogP contribution in [0.4, 0.5) is 0 Å². The van der Waals surface area contributed by atoms with Crippen molar-refractivity contribution in [2.24, 2.45) is 0 Å².